The maximum atomic E-state index is 13.5. The van der Waals surface area contributed by atoms with Crippen LogP contribution in [0.15, 0.2) is 54.9 Å². The third kappa shape index (κ3) is 3.69. The minimum absolute atomic E-state index is 0.101. The number of anilines is 1. The molecule has 0 spiro atoms. The lowest BCUT2D eigenvalue weighted by atomic mass is 10.0. The van der Waals surface area contributed by atoms with Crippen molar-refractivity contribution in [2.45, 2.75) is 13.3 Å². The molecule has 132 valence electrons. The topological polar surface area (TPSA) is 64.1 Å². The molecule has 2 heterocycles. The number of benzene rings is 1. The zero-order chi connectivity index (χ0) is 18.5. The van der Waals surface area contributed by atoms with Crippen molar-refractivity contribution in [3.63, 3.8) is 0 Å². The number of halogens is 1. The van der Waals surface area contributed by atoms with Crippen LogP contribution < -0.4 is 10.1 Å². The van der Waals surface area contributed by atoms with Crippen molar-refractivity contribution >= 4 is 11.6 Å². The lowest BCUT2D eigenvalue weighted by Gasteiger charge is -2.12. The predicted molar refractivity (Wildman–Crippen MR) is 98.3 cm³/mol. The first-order chi connectivity index (χ1) is 12.6. The number of methoxy groups -OCH3 is 1. The number of rotatable bonds is 5. The van der Waals surface area contributed by atoms with Gasteiger partial charge in [0.05, 0.1) is 18.5 Å². The second-order valence-electron chi connectivity index (χ2n) is 5.58. The number of nitrogens with zero attached hydrogens (tertiary/aromatic N) is 2. The molecule has 0 bridgehead atoms. The monoisotopic (exact) mass is 351 g/mol. The fourth-order valence-corrected chi connectivity index (χ4v) is 2.58. The maximum absolute atomic E-state index is 13.5. The van der Waals surface area contributed by atoms with Gasteiger partial charge in [0, 0.05) is 30.4 Å². The molecule has 26 heavy (non-hydrogen) atoms. The first-order valence-electron chi connectivity index (χ1n) is 8.17. The first kappa shape index (κ1) is 17.5. The number of amides is 1. The smallest absolute Gasteiger partial charge is 0.224 e. The summed E-state index contributed by atoms with van der Waals surface area (Å²) in [6, 6.07) is 11.6. The van der Waals surface area contributed by atoms with E-state index in [0.29, 0.717) is 29.2 Å². The Kier molecular flexibility index (Phi) is 5.22. The Morgan fingerprint density at radius 3 is 2.77 bits per heavy atom. The molecule has 6 heteroatoms. The van der Waals surface area contributed by atoms with E-state index in [2.05, 4.69) is 15.3 Å². The summed E-state index contributed by atoms with van der Waals surface area (Å²) in [5, 5.41) is 2.83. The third-order valence-corrected chi connectivity index (χ3v) is 3.88. The average molecular weight is 351 g/mol. The molecular formula is C20H18FN3O2. The molecule has 2 aromatic heterocycles. The van der Waals surface area contributed by atoms with Crippen LogP contribution in [0.2, 0.25) is 0 Å². The summed E-state index contributed by atoms with van der Waals surface area (Å²) in [7, 11) is 1.50. The molecule has 0 saturated heterocycles. The highest BCUT2D eigenvalue weighted by molar-refractivity contribution is 5.94. The summed E-state index contributed by atoms with van der Waals surface area (Å²) in [5.41, 5.74) is 3.31. The molecule has 0 aliphatic heterocycles. The van der Waals surface area contributed by atoms with E-state index in [4.69, 9.17) is 4.74 Å². The number of hydrogen-bond acceptors (Lipinski definition) is 4. The van der Waals surface area contributed by atoms with Crippen LogP contribution in [0, 0.1) is 5.82 Å². The summed E-state index contributed by atoms with van der Waals surface area (Å²) in [6.07, 6.45) is 3.66. The standard InChI is InChI=1S/C20H18FN3O2/c1-3-19(25)24-16-5-4-9-23-20(16)17-11-13(8-10-22-17)15-7-6-14(21)12-18(15)26-2/h4-12H,3H2,1-2H3,(H,24,25). The summed E-state index contributed by atoms with van der Waals surface area (Å²) in [6.45, 7) is 1.78. The van der Waals surface area contributed by atoms with Crippen LogP contribution in [0.5, 0.6) is 5.75 Å². The highest BCUT2D eigenvalue weighted by Crippen LogP contribution is 2.33. The average Bonchev–Trinajstić information content (AvgIpc) is 2.68. The number of carbonyl (C=O) groups excluding carboxylic acids is 1. The molecule has 0 fully saturated rings. The van der Waals surface area contributed by atoms with Gasteiger partial charge in [-0.3, -0.25) is 14.8 Å². The van der Waals surface area contributed by atoms with Crippen LogP contribution in [-0.4, -0.2) is 23.0 Å². The minimum Gasteiger partial charge on any atom is -0.496 e. The fraction of sp³-hybridized carbons (Fsp3) is 0.150. The lowest BCUT2D eigenvalue weighted by Crippen LogP contribution is -2.11. The van der Waals surface area contributed by atoms with E-state index >= 15 is 0 Å². The largest absolute Gasteiger partial charge is 0.496 e. The van der Waals surface area contributed by atoms with E-state index in [9.17, 15) is 9.18 Å². The molecule has 0 aliphatic carbocycles. The van der Waals surface area contributed by atoms with Crippen LogP contribution in [0.1, 0.15) is 13.3 Å². The van der Waals surface area contributed by atoms with Crippen LogP contribution in [0.25, 0.3) is 22.5 Å². The van der Waals surface area contributed by atoms with Gasteiger partial charge in [0.15, 0.2) is 0 Å². The van der Waals surface area contributed by atoms with Crippen molar-refractivity contribution in [2.75, 3.05) is 12.4 Å². The molecule has 0 atom stereocenters. The van der Waals surface area contributed by atoms with Crippen LogP contribution in [0.4, 0.5) is 10.1 Å². The number of nitrogens with one attached hydrogen (secondary N) is 1. The van der Waals surface area contributed by atoms with Gasteiger partial charge in [-0.25, -0.2) is 4.39 Å². The maximum Gasteiger partial charge on any atom is 0.224 e. The molecule has 0 saturated carbocycles. The second kappa shape index (κ2) is 7.74. The van der Waals surface area contributed by atoms with E-state index in [1.807, 2.05) is 12.1 Å². The van der Waals surface area contributed by atoms with Gasteiger partial charge < -0.3 is 10.1 Å². The fourth-order valence-electron chi connectivity index (χ4n) is 2.58. The molecular weight excluding hydrogens is 333 g/mol. The van der Waals surface area contributed by atoms with Crippen LogP contribution in [-0.2, 0) is 4.79 Å². The van der Waals surface area contributed by atoms with Gasteiger partial charge in [-0.2, -0.15) is 0 Å². The molecule has 0 aliphatic rings. The van der Waals surface area contributed by atoms with Crippen molar-refractivity contribution in [3.8, 4) is 28.3 Å². The summed E-state index contributed by atoms with van der Waals surface area (Å²) >= 11 is 0. The molecule has 0 unspecified atom stereocenters. The highest BCUT2D eigenvalue weighted by atomic mass is 19.1. The Labute approximate surface area is 150 Å². The van der Waals surface area contributed by atoms with Crippen molar-refractivity contribution < 1.29 is 13.9 Å². The molecule has 1 aromatic carbocycles. The molecule has 1 amide bonds. The quantitative estimate of drug-likeness (QED) is 0.744. The first-order valence-corrected chi connectivity index (χ1v) is 8.17. The zero-order valence-corrected chi connectivity index (χ0v) is 14.5. The Bertz CT molecular complexity index is 944. The van der Waals surface area contributed by atoms with E-state index in [1.165, 1.54) is 19.2 Å². The van der Waals surface area contributed by atoms with Gasteiger partial charge in [0.1, 0.15) is 17.3 Å². The van der Waals surface area contributed by atoms with Gasteiger partial charge in [0.25, 0.3) is 0 Å². The number of carbonyl (C=O) groups is 1. The normalized spacial score (nSPS) is 10.4. The van der Waals surface area contributed by atoms with Crippen molar-refractivity contribution in [1.82, 2.24) is 9.97 Å². The van der Waals surface area contributed by atoms with Gasteiger partial charge in [-0.05, 0) is 42.0 Å². The molecule has 3 rings (SSSR count). The molecule has 0 radical (unpaired) electrons. The van der Waals surface area contributed by atoms with Crippen molar-refractivity contribution in [3.05, 3.63) is 60.7 Å². The van der Waals surface area contributed by atoms with Gasteiger partial charge >= 0.3 is 0 Å². The van der Waals surface area contributed by atoms with E-state index in [-0.39, 0.29) is 11.7 Å². The predicted octanol–water partition coefficient (Wildman–Crippen LogP) is 4.31. The van der Waals surface area contributed by atoms with E-state index in [0.717, 1.165) is 11.1 Å². The Morgan fingerprint density at radius 2 is 2.00 bits per heavy atom. The second-order valence-corrected chi connectivity index (χ2v) is 5.58. The number of aromatic nitrogens is 2. The van der Waals surface area contributed by atoms with Crippen LogP contribution in [0.3, 0.4) is 0 Å². The Balaban J connectivity index is 2.05. The van der Waals surface area contributed by atoms with Crippen molar-refractivity contribution in [1.29, 1.82) is 0 Å². The summed E-state index contributed by atoms with van der Waals surface area (Å²) < 4.78 is 18.7. The Hall–Kier alpha value is -3.28. The van der Waals surface area contributed by atoms with Crippen molar-refractivity contribution in [2.24, 2.45) is 0 Å². The van der Waals surface area contributed by atoms with E-state index in [1.54, 1.807) is 37.5 Å². The third-order valence-electron chi connectivity index (χ3n) is 3.88. The van der Waals surface area contributed by atoms with Gasteiger partial charge in [0.2, 0.25) is 5.91 Å². The number of ether oxygens (including phenoxy) is 1. The Morgan fingerprint density at radius 1 is 1.15 bits per heavy atom. The highest BCUT2D eigenvalue weighted by Gasteiger charge is 2.13. The number of hydrogen-bond donors (Lipinski definition) is 1. The number of pyridine rings is 2. The SMILES string of the molecule is CCC(=O)Nc1cccnc1-c1cc(-c2ccc(F)cc2OC)ccn1. The van der Waals surface area contributed by atoms with E-state index < -0.39 is 0 Å². The molecule has 1 N–H and O–H groups in total. The van der Waals surface area contributed by atoms with Gasteiger partial charge in [-0.1, -0.05) is 6.92 Å². The lowest BCUT2D eigenvalue weighted by molar-refractivity contribution is -0.115. The van der Waals surface area contributed by atoms with Gasteiger partial charge in [-0.15, -0.1) is 0 Å². The minimum atomic E-state index is -0.367. The molecule has 3 aromatic rings. The molecule has 5 nitrogen and oxygen atoms in total. The zero-order valence-electron chi connectivity index (χ0n) is 14.5. The van der Waals surface area contributed by atoms with Crippen LogP contribution >= 0.6 is 0 Å². The summed E-state index contributed by atoms with van der Waals surface area (Å²) in [5.74, 6) is -0.0348. The summed E-state index contributed by atoms with van der Waals surface area (Å²) in [4.78, 5) is 20.5.